The van der Waals surface area contributed by atoms with E-state index >= 15 is 0 Å². The van der Waals surface area contributed by atoms with Crippen molar-refractivity contribution >= 4 is 39.5 Å². The van der Waals surface area contributed by atoms with E-state index in [1.54, 1.807) is 0 Å². The standard InChI is InChI=1S/C60H116O17P2/c1-6-9-12-15-16-17-18-19-20-21-22-23-24-25-26-27-30-36-41-46-60(65)77-56(50-71-58(63)44-39-35-31-28-29-34-37-42-53(4)5)52-75-79(68,69)73-48-54(61)47-72-78(66,67)74-51-55(76-59(64)45-40-33-14-11-8-3)49-70-57(62)43-38-32-13-10-7-2/h53-56,61H,6-52H2,1-5H3,(H,66,67)(H,68,69)/t54-,55+,56+/m0/s1. The number of carbonyl (C=O) groups excluding carboxylic acids is 4. The minimum absolute atomic E-state index is 0.0987. The lowest BCUT2D eigenvalue weighted by atomic mass is 10.0. The zero-order valence-corrected chi connectivity index (χ0v) is 52.3. The maximum Gasteiger partial charge on any atom is 0.472 e. The number of ether oxygens (including phenoxy) is 4. The maximum atomic E-state index is 12.9. The molecule has 19 heteroatoms. The fourth-order valence-electron chi connectivity index (χ4n) is 8.88. The Morgan fingerprint density at radius 1 is 0.342 bits per heavy atom. The zero-order chi connectivity index (χ0) is 58.5. The molecule has 0 radical (unpaired) electrons. The first kappa shape index (κ1) is 77.1. The lowest BCUT2D eigenvalue weighted by Crippen LogP contribution is -2.30. The van der Waals surface area contributed by atoms with Crippen molar-refractivity contribution in [2.45, 2.75) is 316 Å². The molecule has 0 rings (SSSR count). The molecule has 0 aliphatic heterocycles. The van der Waals surface area contributed by atoms with Gasteiger partial charge in [-0.05, 0) is 31.6 Å². The monoisotopic (exact) mass is 1170 g/mol. The number of carbonyl (C=O) groups is 4. The lowest BCUT2D eigenvalue weighted by Gasteiger charge is -2.21. The summed E-state index contributed by atoms with van der Waals surface area (Å²) < 4.78 is 67.4. The molecular formula is C60H116O17P2. The number of hydrogen-bond donors (Lipinski definition) is 3. The Kier molecular flexibility index (Phi) is 52.7. The van der Waals surface area contributed by atoms with Crippen molar-refractivity contribution in [3.8, 4) is 0 Å². The smallest absolute Gasteiger partial charge is 0.462 e. The number of hydrogen-bond acceptors (Lipinski definition) is 15. The second kappa shape index (κ2) is 54.0. The van der Waals surface area contributed by atoms with Crippen LogP contribution in [0, 0.1) is 5.92 Å². The van der Waals surface area contributed by atoms with Crippen molar-refractivity contribution in [1.82, 2.24) is 0 Å². The van der Waals surface area contributed by atoms with Crippen molar-refractivity contribution in [2.75, 3.05) is 39.6 Å². The van der Waals surface area contributed by atoms with Crippen LogP contribution in [0.2, 0.25) is 0 Å². The Balaban J connectivity index is 5.05. The van der Waals surface area contributed by atoms with Crippen molar-refractivity contribution < 1.29 is 80.2 Å². The number of rotatable bonds is 60. The van der Waals surface area contributed by atoms with Crippen LogP contribution in [0.4, 0.5) is 0 Å². The quantitative estimate of drug-likeness (QED) is 0.0222. The molecule has 0 aliphatic carbocycles. The largest absolute Gasteiger partial charge is 0.472 e. The molecule has 0 saturated carbocycles. The fraction of sp³-hybridized carbons (Fsp3) is 0.933. The molecule has 0 aromatic carbocycles. The highest BCUT2D eigenvalue weighted by Gasteiger charge is 2.30. The fourth-order valence-corrected chi connectivity index (χ4v) is 10.5. The summed E-state index contributed by atoms with van der Waals surface area (Å²) >= 11 is 0. The van der Waals surface area contributed by atoms with E-state index in [1.165, 1.54) is 109 Å². The molecule has 0 bridgehead atoms. The van der Waals surface area contributed by atoms with Gasteiger partial charge < -0.3 is 33.8 Å². The molecule has 0 amide bonds. The topological polar surface area (TPSA) is 237 Å². The van der Waals surface area contributed by atoms with E-state index in [1.807, 2.05) is 0 Å². The summed E-state index contributed by atoms with van der Waals surface area (Å²) in [5.74, 6) is -1.46. The van der Waals surface area contributed by atoms with Gasteiger partial charge in [0.05, 0.1) is 26.4 Å². The van der Waals surface area contributed by atoms with E-state index in [0.717, 1.165) is 103 Å². The predicted octanol–water partition coefficient (Wildman–Crippen LogP) is 16.2. The summed E-state index contributed by atoms with van der Waals surface area (Å²) in [6.07, 6.45) is 37.2. The number of unbranched alkanes of at least 4 members (excludes halogenated alkanes) is 32. The molecule has 0 saturated heterocycles. The minimum Gasteiger partial charge on any atom is -0.462 e. The molecule has 468 valence electrons. The van der Waals surface area contributed by atoms with Gasteiger partial charge in [0.25, 0.3) is 0 Å². The van der Waals surface area contributed by atoms with Gasteiger partial charge in [0.2, 0.25) is 0 Å². The van der Waals surface area contributed by atoms with Crippen molar-refractivity contribution in [3.05, 3.63) is 0 Å². The average molecular weight is 1170 g/mol. The van der Waals surface area contributed by atoms with Crippen LogP contribution in [0.5, 0.6) is 0 Å². The lowest BCUT2D eigenvalue weighted by molar-refractivity contribution is -0.161. The number of esters is 4. The highest BCUT2D eigenvalue weighted by Crippen LogP contribution is 2.45. The van der Waals surface area contributed by atoms with Crippen LogP contribution in [0.1, 0.15) is 298 Å². The average Bonchev–Trinajstić information content (AvgIpc) is 3.41. The van der Waals surface area contributed by atoms with Crippen LogP contribution in [0.15, 0.2) is 0 Å². The molecule has 0 fully saturated rings. The van der Waals surface area contributed by atoms with Crippen LogP contribution in [-0.2, 0) is 65.4 Å². The molecule has 5 atom stereocenters. The van der Waals surface area contributed by atoms with Gasteiger partial charge in [0, 0.05) is 25.7 Å². The van der Waals surface area contributed by atoms with E-state index in [9.17, 15) is 43.2 Å². The summed E-state index contributed by atoms with van der Waals surface area (Å²) in [5, 5.41) is 10.5. The van der Waals surface area contributed by atoms with E-state index in [0.29, 0.717) is 31.6 Å². The van der Waals surface area contributed by atoms with Crippen molar-refractivity contribution in [3.63, 3.8) is 0 Å². The molecular weight excluding hydrogens is 1050 g/mol. The van der Waals surface area contributed by atoms with Crippen LogP contribution < -0.4 is 0 Å². The van der Waals surface area contributed by atoms with E-state index in [2.05, 4.69) is 34.6 Å². The second-order valence-corrected chi connectivity index (χ2v) is 25.1. The Morgan fingerprint density at radius 2 is 0.582 bits per heavy atom. The molecule has 79 heavy (non-hydrogen) atoms. The van der Waals surface area contributed by atoms with Crippen LogP contribution in [0.3, 0.4) is 0 Å². The second-order valence-electron chi connectivity index (χ2n) is 22.2. The highest BCUT2D eigenvalue weighted by atomic mass is 31.2. The summed E-state index contributed by atoms with van der Waals surface area (Å²) in [4.78, 5) is 71.5. The van der Waals surface area contributed by atoms with Gasteiger partial charge in [-0.1, -0.05) is 247 Å². The summed E-state index contributed by atoms with van der Waals surface area (Å²) in [5.41, 5.74) is 0. The normalized spacial score (nSPS) is 14.3. The highest BCUT2D eigenvalue weighted by molar-refractivity contribution is 7.47. The molecule has 0 aliphatic rings. The Labute approximate surface area is 479 Å². The third-order valence-electron chi connectivity index (χ3n) is 13.8. The SMILES string of the molecule is CCCCCCCCCCCCCCCCCCCCCC(=O)O[C@H](COC(=O)CCCCCCCCCC(C)C)COP(=O)(O)OC[C@@H](O)COP(=O)(O)OC[C@@H](COC(=O)CCCCCCC)OC(=O)CCCCCCC. The summed E-state index contributed by atoms with van der Waals surface area (Å²) in [6, 6.07) is 0. The van der Waals surface area contributed by atoms with Crippen LogP contribution >= 0.6 is 15.6 Å². The molecule has 0 aromatic rings. The van der Waals surface area contributed by atoms with Crippen molar-refractivity contribution in [2.24, 2.45) is 5.92 Å². The number of phosphoric ester groups is 2. The molecule has 0 spiro atoms. The van der Waals surface area contributed by atoms with Gasteiger partial charge in [0.1, 0.15) is 19.3 Å². The Bertz CT molecular complexity index is 1550. The molecule has 3 N–H and O–H groups in total. The number of aliphatic hydroxyl groups excluding tert-OH is 1. The first-order valence-corrected chi connectivity index (χ1v) is 34.6. The first-order chi connectivity index (χ1) is 38.0. The third-order valence-corrected chi connectivity index (χ3v) is 15.7. The van der Waals surface area contributed by atoms with Gasteiger partial charge >= 0.3 is 39.5 Å². The van der Waals surface area contributed by atoms with E-state index < -0.39 is 97.5 Å². The van der Waals surface area contributed by atoms with Gasteiger partial charge in [-0.2, -0.15) is 0 Å². The molecule has 17 nitrogen and oxygen atoms in total. The summed E-state index contributed by atoms with van der Waals surface area (Å²) in [7, 11) is -9.86. The maximum absolute atomic E-state index is 12.9. The van der Waals surface area contributed by atoms with Crippen LogP contribution in [-0.4, -0.2) is 96.7 Å². The van der Waals surface area contributed by atoms with Crippen molar-refractivity contribution in [1.29, 1.82) is 0 Å². The first-order valence-electron chi connectivity index (χ1n) is 31.6. The Morgan fingerprint density at radius 3 is 0.861 bits per heavy atom. The number of phosphoric acid groups is 2. The zero-order valence-electron chi connectivity index (χ0n) is 50.5. The van der Waals surface area contributed by atoms with Gasteiger partial charge in [0.15, 0.2) is 12.2 Å². The summed E-state index contributed by atoms with van der Waals surface area (Å²) in [6.45, 7) is 6.92. The van der Waals surface area contributed by atoms with E-state index in [-0.39, 0.29) is 25.7 Å². The van der Waals surface area contributed by atoms with Gasteiger partial charge in [-0.25, -0.2) is 9.13 Å². The van der Waals surface area contributed by atoms with E-state index in [4.69, 9.17) is 37.0 Å². The molecule has 0 heterocycles. The molecule has 0 aromatic heterocycles. The minimum atomic E-state index is -4.94. The van der Waals surface area contributed by atoms with Gasteiger partial charge in [-0.15, -0.1) is 0 Å². The number of aliphatic hydroxyl groups is 1. The molecule has 2 unspecified atom stereocenters. The predicted molar refractivity (Wildman–Crippen MR) is 312 cm³/mol. The van der Waals surface area contributed by atoms with Gasteiger partial charge in [-0.3, -0.25) is 37.3 Å². The van der Waals surface area contributed by atoms with Crippen LogP contribution in [0.25, 0.3) is 0 Å². The third kappa shape index (κ3) is 55.0. The Hall–Kier alpha value is -1.94.